The average Bonchev–Trinajstić information content (AvgIpc) is 2.82. The topological polar surface area (TPSA) is 63.7 Å². The SMILES string of the molecule is COC(=O)CCc1cccc(CN(CC=Cc2cc(Cl)cc(Cl)c2)S(=O)(=O)c2ccccc2)c1. The first kappa shape index (κ1) is 26.0. The molecule has 0 aliphatic heterocycles. The molecule has 5 nitrogen and oxygen atoms in total. The molecule has 0 aliphatic rings. The third-order valence-electron chi connectivity index (χ3n) is 5.08. The number of nitrogens with zero attached hydrogens (tertiary/aromatic N) is 1. The third-order valence-corrected chi connectivity index (χ3v) is 7.34. The number of esters is 1. The first-order chi connectivity index (χ1) is 16.3. The van der Waals surface area contributed by atoms with Crippen LogP contribution < -0.4 is 0 Å². The molecule has 0 radical (unpaired) electrons. The maximum Gasteiger partial charge on any atom is 0.305 e. The quantitative estimate of drug-likeness (QED) is 0.309. The lowest BCUT2D eigenvalue weighted by molar-refractivity contribution is -0.140. The molecule has 3 aromatic carbocycles. The highest BCUT2D eigenvalue weighted by Crippen LogP contribution is 2.22. The van der Waals surface area contributed by atoms with Gasteiger partial charge in [-0.3, -0.25) is 4.79 Å². The van der Waals surface area contributed by atoms with Crippen molar-refractivity contribution in [2.45, 2.75) is 24.3 Å². The van der Waals surface area contributed by atoms with E-state index in [1.807, 2.05) is 24.3 Å². The van der Waals surface area contributed by atoms with E-state index in [4.69, 9.17) is 27.9 Å². The smallest absolute Gasteiger partial charge is 0.305 e. The minimum atomic E-state index is -3.76. The molecule has 178 valence electrons. The van der Waals surface area contributed by atoms with Gasteiger partial charge >= 0.3 is 5.97 Å². The molecule has 0 saturated heterocycles. The van der Waals surface area contributed by atoms with Crippen LogP contribution in [-0.2, 0) is 32.5 Å². The van der Waals surface area contributed by atoms with E-state index in [0.29, 0.717) is 16.5 Å². The number of hydrogen-bond donors (Lipinski definition) is 0. The van der Waals surface area contributed by atoms with Gasteiger partial charge in [-0.2, -0.15) is 4.31 Å². The number of aryl methyl sites for hydroxylation is 1. The molecule has 0 N–H and O–H groups in total. The number of hydrogen-bond acceptors (Lipinski definition) is 4. The molecule has 0 unspecified atom stereocenters. The minimum absolute atomic E-state index is 0.147. The molecule has 0 atom stereocenters. The van der Waals surface area contributed by atoms with Crippen LogP contribution in [0.25, 0.3) is 6.08 Å². The van der Waals surface area contributed by atoms with Crippen molar-refractivity contribution in [3.8, 4) is 0 Å². The number of carbonyl (C=O) groups excluding carboxylic acids is 1. The zero-order valence-electron chi connectivity index (χ0n) is 18.7. The Hall–Kier alpha value is -2.64. The maximum absolute atomic E-state index is 13.4. The maximum atomic E-state index is 13.4. The van der Waals surface area contributed by atoms with Crippen molar-refractivity contribution >= 4 is 45.3 Å². The Bertz CT molecular complexity index is 1240. The standard InChI is InChI=1S/C26H25Cl2NO4S/c1-33-26(30)13-12-20-7-5-8-22(15-20)19-29(34(31,32)25-10-3-2-4-11-25)14-6-9-21-16-23(27)18-24(28)17-21/h2-11,15-18H,12-14,19H2,1H3. The van der Waals surface area contributed by atoms with Gasteiger partial charge in [0, 0.05) is 29.6 Å². The first-order valence-corrected chi connectivity index (χ1v) is 12.8. The molecular weight excluding hydrogens is 493 g/mol. The van der Waals surface area contributed by atoms with Gasteiger partial charge in [0.15, 0.2) is 0 Å². The van der Waals surface area contributed by atoms with Crippen LogP contribution in [-0.4, -0.2) is 32.3 Å². The van der Waals surface area contributed by atoms with Crippen molar-refractivity contribution in [2.24, 2.45) is 0 Å². The van der Waals surface area contributed by atoms with Crippen molar-refractivity contribution in [3.63, 3.8) is 0 Å². The van der Waals surface area contributed by atoms with Crippen LogP contribution in [0.5, 0.6) is 0 Å². The van der Waals surface area contributed by atoms with E-state index < -0.39 is 10.0 Å². The summed E-state index contributed by atoms with van der Waals surface area (Å²) in [4.78, 5) is 11.7. The van der Waals surface area contributed by atoms with Gasteiger partial charge in [0.25, 0.3) is 0 Å². The Morgan fingerprint density at radius 2 is 1.62 bits per heavy atom. The number of halogens is 2. The largest absolute Gasteiger partial charge is 0.469 e. The number of benzene rings is 3. The molecule has 0 saturated carbocycles. The van der Waals surface area contributed by atoms with Crippen molar-refractivity contribution in [1.29, 1.82) is 0 Å². The predicted octanol–water partition coefficient (Wildman–Crippen LogP) is 6.00. The summed E-state index contributed by atoms with van der Waals surface area (Å²) in [5.74, 6) is -0.287. The van der Waals surface area contributed by atoms with Gasteiger partial charge in [-0.05, 0) is 53.4 Å². The lowest BCUT2D eigenvalue weighted by Gasteiger charge is -2.21. The second-order valence-electron chi connectivity index (χ2n) is 7.61. The summed E-state index contributed by atoms with van der Waals surface area (Å²) in [5, 5.41) is 1.01. The van der Waals surface area contributed by atoms with Crippen molar-refractivity contribution in [1.82, 2.24) is 4.31 Å². The highest BCUT2D eigenvalue weighted by atomic mass is 35.5. The molecule has 0 amide bonds. The summed E-state index contributed by atoms with van der Waals surface area (Å²) in [5.41, 5.74) is 2.53. The predicted molar refractivity (Wildman–Crippen MR) is 136 cm³/mol. The highest BCUT2D eigenvalue weighted by molar-refractivity contribution is 7.89. The van der Waals surface area contributed by atoms with Crippen LogP contribution in [0.1, 0.15) is 23.1 Å². The minimum Gasteiger partial charge on any atom is -0.469 e. The van der Waals surface area contributed by atoms with Crippen LogP contribution in [0.2, 0.25) is 10.0 Å². The molecule has 8 heteroatoms. The third kappa shape index (κ3) is 7.43. The second kappa shape index (κ2) is 12.2. The molecule has 0 aliphatic carbocycles. The van der Waals surface area contributed by atoms with Gasteiger partial charge in [-0.15, -0.1) is 0 Å². The van der Waals surface area contributed by atoms with Crippen LogP contribution in [0.15, 0.2) is 83.8 Å². The van der Waals surface area contributed by atoms with Crippen molar-refractivity contribution < 1.29 is 17.9 Å². The number of carbonyl (C=O) groups is 1. The normalized spacial score (nSPS) is 11.8. The van der Waals surface area contributed by atoms with E-state index in [1.54, 1.807) is 60.7 Å². The van der Waals surface area contributed by atoms with Gasteiger partial charge in [0.05, 0.1) is 12.0 Å². The van der Waals surface area contributed by atoms with E-state index in [1.165, 1.54) is 11.4 Å². The highest BCUT2D eigenvalue weighted by Gasteiger charge is 2.23. The summed E-state index contributed by atoms with van der Waals surface area (Å²) < 4.78 is 32.9. The van der Waals surface area contributed by atoms with Gasteiger partial charge < -0.3 is 4.74 Å². The van der Waals surface area contributed by atoms with Gasteiger partial charge in [-0.1, -0.05) is 77.8 Å². The van der Waals surface area contributed by atoms with E-state index in [9.17, 15) is 13.2 Å². The molecule has 0 aromatic heterocycles. The van der Waals surface area contributed by atoms with Crippen molar-refractivity contribution in [3.05, 3.63) is 106 Å². The van der Waals surface area contributed by atoms with Crippen LogP contribution in [0, 0.1) is 0 Å². The Labute approximate surface area is 210 Å². The second-order valence-corrected chi connectivity index (χ2v) is 10.4. The van der Waals surface area contributed by atoms with Gasteiger partial charge in [0.2, 0.25) is 10.0 Å². The summed E-state index contributed by atoms with van der Waals surface area (Å²) in [6.45, 7) is 0.317. The molecule has 0 bridgehead atoms. The molecule has 0 spiro atoms. The van der Waals surface area contributed by atoms with Crippen molar-refractivity contribution in [2.75, 3.05) is 13.7 Å². The summed E-state index contributed by atoms with van der Waals surface area (Å²) >= 11 is 12.1. The fourth-order valence-electron chi connectivity index (χ4n) is 3.40. The zero-order chi connectivity index (χ0) is 24.6. The summed E-state index contributed by atoms with van der Waals surface area (Å²) in [6.07, 6.45) is 4.33. The van der Waals surface area contributed by atoms with E-state index in [-0.39, 0.29) is 30.4 Å². The Morgan fingerprint density at radius 1 is 0.941 bits per heavy atom. The lowest BCUT2D eigenvalue weighted by atomic mass is 10.1. The Morgan fingerprint density at radius 3 is 2.29 bits per heavy atom. The Kier molecular flexibility index (Phi) is 9.30. The van der Waals surface area contributed by atoms with Gasteiger partial charge in [0.1, 0.15) is 0 Å². The van der Waals surface area contributed by atoms with E-state index >= 15 is 0 Å². The lowest BCUT2D eigenvalue weighted by Crippen LogP contribution is -2.31. The van der Waals surface area contributed by atoms with E-state index in [2.05, 4.69) is 0 Å². The molecule has 34 heavy (non-hydrogen) atoms. The van der Waals surface area contributed by atoms with Gasteiger partial charge in [-0.25, -0.2) is 8.42 Å². The van der Waals surface area contributed by atoms with Crippen LogP contribution >= 0.6 is 23.2 Å². The van der Waals surface area contributed by atoms with Crippen LogP contribution in [0.3, 0.4) is 0 Å². The molecule has 0 fully saturated rings. The summed E-state index contributed by atoms with van der Waals surface area (Å²) in [7, 11) is -2.40. The summed E-state index contributed by atoms with van der Waals surface area (Å²) in [6, 6.07) is 21.0. The first-order valence-electron chi connectivity index (χ1n) is 10.6. The average molecular weight is 518 g/mol. The molecule has 3 aromatic rings. The number of methoxy groups -OCH3 is 1. The number of sulfonamides is 1. The fraction of sp³-hybridized carbons (Fsp3) is 0.192. The molecule has 0 heterocycles. The number of ether oxygens (including phenoxy) is 1. The fourth-order valence-corrected chi connectivity index (χ4v) is 5.35. The zero-order valence-corrected chi connectivity index (χ0v) is 21.0. The number of rotatable bonds is 10. The monoisotopic (exact) mass is 517 g/mol. The van der Waals surface area contributed by atoms with E-state index in [0.717, 1.165) is 16.7 Å². The Balaban J connectivity index is 1.85. The molecule has 3 rings (SSSR count). The molecular formula is C26H25Cl2NO4S. The van der Waals surface area contributed by atoms with Crippen LogP contribution in [0.4, 0.5) is 0 Å².